The van der Waals surface area contributed by atoms with Crippen LogP contribution >= 0.6 is 24.0 Å². The Bertz CT molecular complexity index is 831. The van der Waals surface area contributed by atoms with Crippen molar-refractivity contribution in [3.8, 4) is 5.75 Å². The fourth-order valence-electron chi connectivity index (χ4n) is 3.13. The Hall–Kier alpha value is -1.94. The molecule has 0 aromatic heterocycles. The van der Waals surface area contributed by atoms with Crippen LogP contribution in [0.5, 0.6) is 5.75 Å². The van der Waals surface area contributed by atoms with Crippen LogP contribution in [-0.4, -0.2) is 37.8 Å². The molecule has 0 saturated heterocycles. The molecule has 0 atom stereocenters. The van der Waals surface area contributed by atoms with E-state index in [2.05, 4.69) is 10.3 Å². The fourth-order valence-corrected chi connectivity index (χ4v) is 3.13. The van der Waals surface area contributed by atoms with Gasteiger partial charge in [0, 0.05) is 32.2 Å². The highest BCUT2D eigenvalue weighted by Crippen LogP contribution is 2.29. The molecule has 8 heteroatoms. The second-order valence-corrected chi connectivity index (χ2v) is 6.63. The number of fused-ring (bicyclic) bond motifs is 1. The molecule has 0 spiro atoms. The molecule has 0 unspecified atom stereocenters. The minimum absolute atomic E-state index is 0. The minimum Gasteiger partial charge on any atom is -0.467 e. The Morgan fingerprint density at radius 2 is 1.93 bits per heavy atom. The van der Waals surface area contributed by atoms with Crippen LogP contribution < -0.4 is 10.1 Å². The highest BCUT2D eigenvalue weighted by Gasteiger charge is 2.17. The average Bonchev–Trinajstić information content (AvgIpc) is 2.68. The summed E-state index contributed by atoms with van der Waals surface area (Å²) in [5.74, 6) is 0.888. The van der Waals surface area contributed by atoms with E-state index < -0.39 is 0 Å². The molecule has 0 saturated carbocycles. The molecule has 158 valence electrons. The van der Waals surface area contributed by atoms with E-state index in [0.29, 0.717) is 31.9 Å². The number of hydrogen-bond acceptors (Lipinski definition) is 3. The summed E-state index contributed by atoms with van der Waals surface area (Å²) >= 11 is 0. The lowest BCUT2D eigenvalue weighted by atomic mass is 10.1. The van der Waals surface area contributed by atoms with Gasteiger partial charge in [-0.05, 0) is 48.7 Å². The van der Waals surface area contributed by atoms with Crippen LogP contribution in [-0.2, 0) is 24.3 Å². The second kappa shape index (κ2) is 11.3. The van der Waals surface area contributed by atoms with Crippen molar-refractivity contribution in [2.24, 2.45) is 4.99 Å². The van der Waals surface area contributed by atoms with E-state index in [1.165, 1.54) is 24.3 Å². The van der Waals surface area contributed by atoms with Gasteiger partial charge >= 0.3 is 0 Å². The predicted octanol–water partition coefficient (Wildman–Crippen LogP) is 4.09. The van der Waals surface area contributed by atoms with Crippen molar-refractivity contribution in [3.05, 3.63) is 64.7 Å². The molecule has 5 nitrogen and oxygen atoms in total. The Kier molecular flexibility index (Phi) is 9.09. The number of nitrogens with zero attached hydrogens (tertiary/aromatic N) is 2. The van der Waals surface area contributed by atoms with Crippen LogP contribution in [0.3, 0.4) is 0 Å². The molecule has 1 N–H and O–H groups in total. The molecule has 0 radical (unpaired) electrons. The summed E-state index contributed by atoms with van der Waals surface area (Å²) in [6.07, 6.45) is 0.555. The zero-order valence-corrected chi connectivity index (χ0v) is 18.9. The summed E-state index contributed by atoms with van der Waals surface area (Å²) < 4.78 is 37.7. The number of rotatable bonds is 6. The van der Waals surface area contributed by atoms with Crippen LogP contribution in [0.1, 0.15) is 23.6 Å². The number of benzene rings is 2. The van der Waals surface area contributed by atoms with Crippen molar-refractivity contribution < 1.29 is 18.3 Å². The first-order valence-electron chi connectivity index (χ1n) is 9.32. The highest BCUT2D eigenvalue weighted by atomic mass is 127. The van der Waals surface area contributed by atoms with Gasteiger partial charge in [0.2, 0.25) is 0 Å². The maximum Gasteiger partial charge on any atom is 0.193 e. The van der Waals surface area contributed by atoms with Gasteiger partial charge in [-0.15, -0.1) is 24.0 Å². The fraction of sp³-hybridized carbons (Fsp3) is 0.381. The van der Waals surface area contributed by atoms with Crippen molar-refractivity contribution in [1.82, 2.24) is 10.2 Å². The molecule has 1 aliphatic rings. The third-order valence-electron chi connectivity index (χ3n) is 4.42. The van der Waals surface area contributed by atoms with Crippen LogP contribution in [0, 0.1) is 11.6 Å². The molecule has 0 amide bonds. The quantitative estimate of drug-likeness (QED) is 0.357. The van der Waals surface area contributed by atoms with Crippen LogP contribution in [0.2, 0.25) is 0 Å². The number of ether oxygens (including phenoxy) is 2. The van der Waals surface area contributed by atoms with Crippen molar-refractivity contribution in [3.63, 3.8) is 0 Å². The molecule has 0 aliphatic carbocycles. The molecule has 1 heterocycles. The molecular formula is C21H26F2IN3O2. The maximum atomic E-state index is 13.9. The third kappa shape index (κ3) is 6.53. The number of nitrogens with one attached hydrogen (secondary N) is 1. The summed E-state index contributed by atoms with van der Waals surface area (Å²) in [6.45, 7) is 4.34. The van der Waals surface area contributed by atoms with Gasteiger partial charge in [-0.2, -0.15) is 0 Å². The van der Waals surface area contributed by atoms with Crippen LogP contribution in [0.25, 0.3) is 0 Å². The largest absolute Gasteiger partial charge is 0.467 e. The van der Waals surface area contributed by atoms with Gasteiger partial charge in [0.1, 0.15) is 17.4 Å². The number of halogens is 3. The van der Waals surface area contributed by atoms with Gasteiger partial charge in [0.25, 0.3) is 0 Å². The van der Waals surface area contributed by atoms with Gasteiger partial charge in [0.05, 0.1) is 6.61 Å². The highest BCUT2D eigenvalue weighted by molar-refractivity contribution is 14.0. The van der Waals surface area contributed by atoms with E-state index in [-0.39, 0.29) is 42.4 Å². The lowest BCUT2D eigenvalue weighted by Crippen LogP contribution is -2.38. The SMILES string of the molecule is CCNC(=NCCc1cc(F)cc2c1OCOC2)N(C)Cc1ccc(F)cc1.I. The summed E-state index contributed by atoms with van der Waals surface area (Å²) in [5, 5.41) is 3.25. The van der Waals surface area contributed by atoms with E-state index in [0.717, 1.165) is 29.2 Å². The first-order chi connectivity index (χ1) is 13.6. The Morgan fingerprint density at radius 1 is 1.17 bits per heavy atom. The Morgan fingerprint density at radius 3 is 2.66 bits per heavy atom. The molecular weight excluding hydrogens is 491 g/mol. The van der Waals surface area contributed by atoms with Gasteiger partial charge in [0.15, 0.2) is 12.8 Å². The van der Waals surface area contributed by atoms with E-state index in [1.54, 1.807) is 12.1 Å². The van der Waals surface area contributed by atoms with Crippen molar-refractivity contribution in [2.75, 3.05) is 26.9 Å². The van der Waals surface area contributed by atoms with E-state index in [4.69, 9.17) is 9.47 Å². The normalized spacial score (nSPS) is 13.2. The zero-order chi connectivity index (χ0) is 19.9. The number of guanidine groups is 1. The standard InChI is InChI=1S/C21H25F2N3O2.HI/c1-3-24-21(26(2)12-15-4-6-18(22)7-5-15)25-9-8-16-10-19(23)11-17-13-27-14-28-20(16)17;/h4-7,10-11H,3,8-9,12-14H2,1-2H3,(H,24,25);1H. The first-order valence-corrected chi connectivity index (χ1v) is 9.32. The topological polar surface area (TPSA) is 46.1 Å². The lowest BCUT2D eigenvalue weighted by molar-refractivity contribution is -0.0172. The number of hydrogen-bond donors (Lipinski definition) is 1. The summed E-state index contributed by atoms with van der Waals surface area (Å²) in [5.41, 5.74) is 2.51. The van der Waals surface area contributed by atoms with Crippen LogP contribution in [0.4, 0.5) is 8.78 Å². The van der Waals surface area contributed by atoms with Gasteiger partial charge in [-0.3, -0.25) is 4.99 Å². The Labute approximate surface area is 187 Å². The molecule has 2 aromatic carbocycles. The summed E-state index contributed by atoms with van der Waals surface area (Å²) in [6, 6.07) is 9.35. The maximum absolute atomic E-state index is 13.9. The minimum atomic E-state index is -0.299. The van der Waals surface area contributed by atoms with Gasteiger partial charge in [-0.1, -0.05) is 12.1 Å². The van der Waals surface area contributed by atoms with Gasteiger partial charge < -0.3 is 19.7 Å². The van der Waals surface area contributed by atoms with E-state index in [9.17, 15) is 8.78 Å². The third-order valence-corrected chi connectivity index (χ3v) is 4.42. The van der Waals surface area contributed by atoms with Crippen molar-refractivity contribution in [1.29, 1.82) is 0 Å². The second-order valence-electron chi connectivity index (χ2n) is 6.63. The van der Waals surface area contributed by atoms with Crippen molar-refractivity contribution in [2.45, 2.75) is 26.5 Å². The zero-order valence-electron chi connectivity index (χ0n) is 16.6. The molecule has 2 aromatic rings. The Balaban J connectivity index is 0.00000300. The monoisotopic (exact) mass is 517 g/mol. The molecule has 3 rings (SSSR count). The molecule has 1 aliphatic heterocycles. The number of aliphatic imine (C=N–C) groups is 1. The van der Waals surface area contributed by atoms with E-state index >= 15 is 0 Å². The van der Waals surface area contributed by atoms with E-state index in [1.807, 2.05) is 18.9 Å². The molecule has 0 fully saturated rings. The predicted molar refractivity (Wildman–Crippen MR) is 120 cm³/mol. The van der Waals surface area contributed by atoms with Crippen LogP contribution in [0.15, 0.2) is 41.4 Å². The lowest BCUT2D eigenvalue weighted by Gasteiger charge is -2.23. The molecule has 29 heavy (non-hydrogen) atoms. The molecule has 0 bridgehead atoms. The smallest absolute Gasteiger partial charge is 0.193 e. The average molecular weight is 517 g/mol. The summed E-state index contributed by atoms with van der Waals surface area (Å²) in [7, 11) is 1.93. The summed E-state index contributed by atoms with van der Waals surface area (Å²) in [4.78, 5) is 6.62. The first kappa shape index (κ1) is 23.3. The van der Waals surface area contributed by atoms with Crippen molar-refractivity contribution >= 4 is 29.9 Å². The van der Waals surface area contributed by atoms with Gasteiger partial charge in [-0.25, -0.2) is 8.78 Å².